The molecule has 2 aromatic heterocycles. The van der Waals surface area contributed by atoms with Gasteiger partial charge < -0.3 is 0 Å². The standard InChI is InChI=1S/C6H3FN4S2/c7-4-1-5(9-2-8-4)13-6-11-10-3-12-6/h1-3H. The Morgan fingerprint density at radius 3 is 3.00 bits per heavy atom. The first-order valence-corrected chi connectivity index (χ1v) is 4.96. The van der Waals surface area contributed by atoms with Crippen LogP contribution >= 0.6 is 23.1 Å². The second-order valence-electron chi connectivity index (χ2n) is 1.99. The van der Waals surface area contributed by atoms with Crippen LogP contribution in [0.15, 0.2) is 27.3 Å². The number of halogens is 1. The van der Waals surface area contributed by atoms with Crippen molar-refractivity contribution in [3.05, 3.63) is 23.9 Å². The summed E-state index contributed by atoms with van der Waals surface area (Å²) >= 11 is 2.64. The van der Waals surface area contributed by atoms with Gasteiger partial charge in [0.25, 0.3) is 0 Å². The molecule has 2 rings (SSSR count). The third kappa shape index (κ3) is 2.19. The number of rotatable bonds is 2. The summed E-state index contributed by atoms with van der Waals surface area (Å²) < 4.78 is 13.3. The minimum atomic E-state index is -0.540. The lowest BCUT2D eigenvalue weighted by Crippen LogP contribution is -1.86. The summed E-state index contributed by atoms with van der Waals surface area (Å²) in [5.41, 5.74) is 1.61. The van der Waals surface area contributed by atoms with Crippen LogP contribution in [-0.4, -0.2) is 20.2 Å². The van der Waals surface area contributed by atoms with Crippen LogP contribution in [0.2, 0.25) is 0 Å². The van der Waals surface area contributed by atoms with Gasteiger partial charge in [-0.3, -0.25) is 0 Å². The smallest absolute Gasteiger partial charge is 0.217 e. The zero-order valence-corrected chi connectivity index (χ0v) is 7.85. The highest BCUT2D eigenvalue weighted by Crippen LogP contribution is 2.26. The Labute approximate surface area is 81.3 Å². The zero-order chi connectivity index (χ0) is 9.10. The van der Waals surface area contributed by atoms with Gasteiger partial charge in [-0.2, -0.15) is 4.39 Å². The molecule has 7 heteroatoms. The molecule has 0 aromatic carbocycles. The highest BCUT2D eigenvalue weighted by Gasteiger charge is 2.02. The molecule has 13 heavy (non-hydrogen) atoms. The average Bonchev–Trinajstić information content (AvgIpc) is 2.57. The number of nitrogens with zero attached hydrogens (tertiary/aromatic N) is 4. The fourth-order valence-electron chi connectivity index (χ4n) is 0.670. The van der Waals surface area contributed by atoms with E-state index in [4.69, 9.17) is 0 Å². The molecule has 0 aliphatic heterocycles. The molecule has 0 saturated heterocycles. The molecule has 0 atom stereocenters. The molecule has 2 aromatic rings. The maximum atomic E-state index is 12.6. The molecule has 0 fully saturated rings. The third-order valence-electron chi connectivity index (χ3n) is 1.14. The molecule has 0 bridgehead atoms. The lowest BCUT2D eigenvalue weighted by Gasteiger charge is -1.93. The van der Waals surface area contributed by atoms with Gasteiger partial charge in [0.1, 0.15) is 16.9 Å². The van der Waals surface area contributed by atoms with Crippen LogP contribution in [0.1, 0.15) is 0 Å². The molecule has 0 amide bonds. The largest absolute Gasteiger partial charge is 0.229 e. The molecule has 0 spiro atoms. The maximum absolute atomic E-state index is 12.6. The van der Waals surface area contributed by atoms with E-state index >= 15 is 0 Å². The predicted molar refractivity (Wildman–Crippen MR) is 46.0 cm³/mol. The van der Waals surface area contributed by atoms with E-state index in [1.165, 1.54) is 35.5 Å². The third-order valence-corrected chi connectivity index (χ3v) is 2.85. The zero-order valence-electron chi connectivity index (χ0n) is 6.22. The van der Waals surface area contributed by atoms with Crippen LogP contribution < -0.4 is 0 Å². The first kappa shape index (κ1) is 8.52. The van der Waals surface area contributed by atoms with Crippen LogP contribution in [0.25, 0.3) is 0 Å². The summed E-state index contributed by atoms with van der Waals surface area (Å²) in [7, 11) is 0. The first-order valence-electron chi connectivity index (χ1n) is 3.26. The summed E-state index contributed by atoms with van der Waals surface area (Å²) in [5.74, 6) is -0.540. The monoisotopic (exact) mass is 214 g/mol. The van der Waals surface area contributed by atoms with E-state index < -0.39 is 5.95 Å². The number of hydrogen-bond donors (Lipinski definition) is 0. The van der Waals surface area contributed by atoms with E-state index in [1.807, 2.05) is 0 Å². The number of hydrogen-bond acceptors (Lipinski definition) is 6. The van der Waals surface area contributed by atoms with E-state index in [-0.39, 0.29) is 0 Å². The van der Waals surface area contributed by atoms with Crippen molar-refractivity contribution < 1.29 is 4.39 Å². The van der Waals surface area contributed by atoms with Crippen LogP contribution in [0.4, 0.5) is 4.39 Å². The van der Waals surface area contributed by atoms with Gasteiger partial charge in [-0.1, -0.05) is 11.3 Å². The van der Waals surface area contributed by atoms with Crippen molar-refractivity contribution in [2.75, 3.05) is 0 Å². The predicted octanol–water partition coefficient (Wildman–Crippen LogP) is 1.62. The van der Waals surface area contributed by atoms with Gasteiger partial charge in [-0.15, -0.1) is 10.2 Å². The number of aromatic nitrogens is 4. The molecule has 0 aliphatic carbocycles. The quantitative estimate of drug-likeness (QED) is 0.711. The molecule has 0 unspecified atom stereocenters. The fraction of sp³-hybridized carbons (Fsp3) is 0. The molecule has 0 radical (unpaired) electrons. The Hall–Kier alpha value is -1.08. The minimum Gasteiger partial charge on any atom is -0.229 e. The topological polar surface area (TPSA) is 51.6 Å². The normalized spacial score (nSPS) is 10.2. The molecule has 0 aliphatic rings. The van der Waals surface area contributed by atoms with E-state index in [0.29, 0.717) is 5.03 Å². The van der Waals surface area contributed by atoms with Gasteiger partial charge in [0.2, 0.25) is 5.95 Å². The minimum absolute atomic E-state index is 0.532. The van der Waals surface area contributed by atoms with Crippen LogP contribution in [0.5, 0.6) is 0 Å². The Balaban J connectivity index is 2.19. The van der Waals surface area contributed by atoms with E-state index in [9.17, 15) is 4.39 Å². The SMILES string of the molecule is Fc1cc(Sc2nncs2)ncn1. The molecule has 2 heterocycles. The molecule has 0 saturated carbocycles. The lowest BCUT2D eigenvalue weighted by atomic mass is 10.7. The fourth-order valence-corrected chi connectivity index (χ4v) is 2.05. The highest BCUT2D eigenvalue weighted by atomic mass is 32.2. The Morgan fingerprint density at radius 2 is 2.31 bits per heavy atom. The van der Waals surface area contributed by atoms with Crippen molar-refractivity contribution in [3.63, 3.8) is 0 Å². The highest BCUT2D eigenvalue weighted by molar-refractivity contribution is 8.00. The van der Waals surface area contributed by atoms with E-state index in [1.54, 1.807) is 5.51 Å². The molecular formula is C6H3FN4S2. The van der Waals surface area contributed by atoms with Crippen molar-refractivity contribution in [2.45, 2.75) is 9.37 Å². The van der Waals surface area contributed by atoms with Crippen molar-refractivity contribution in [1.29, 1.82) is 0 Å². The van der Waals surface area contributed by atoms with Gasteiger partial charge in [0, 0.05) is 6.07 Å². The molecular weight excluding hydrogens is 211 g/mol. The molecule has 4 nitrogen and oxygen atoms in total. The first-order chi connectivity index (χ1) is 6.34. The maximum Gasteiger partial charge on any atom is 0.217 e. The van der Waals surface area contributed by atoms with Crippen LogP contribution in [0.3, 0.4) is 0 Å². The van der Waals surface area contributed by atoms with Crippen molar-refractivity contribution >= 4 is 23.1 Å². The average molecular weight is 214 g/mol. The summed E-state index contributed by atoms with van der Waals surface area (Å²) in [6, 6.07) is 1.26. The Bertz CT molecular complexity index is 391. The van der Waals surface area contributed by atoms with Crippen molar-refractivity contribution in [2.24, 2.45) is 0 Å². The Morgan fingerprint density at radius 1 is 1.38 bits per heavy atom. The lowest BCUT2D eigenvalue weighted by molar-refractivity contribution is 0.572. The van der Waals surface area contributed by atoms with Gasteiger partial charge in [0.05, 0.1) is 0 Å². The Kier molecular flexibility index (Phi) is 2.46. The van der Waals surface area contributed by atoms with E-state index in [0.717, 1.165) is 4.34 Å². The molecule has 66 valence electrons. The summed E-state index contributed by atoms with van der Waals surface area (Å²) in [4.78, 5) is 7.21. The summed E-state index contributed by atoms with van der Waals surface area (Å²) in [5, 5.41) is 7.97. The second-order valence-corrected chi connectivity index (χ2v) is 4.09. The van der Waals surface area contributed by atoms with Crippen molar-refractivity contribution in [1.82, 2.24) is 20.2 Å². The summed E-state index contributed by atoms with van der Waals surface area (Å²) in [6.07, 6.45) is 1.18. The second kappa shape index (κ2) is 3.75. The van der Waals surface area contributed by atoms with Gasteiger partial charge in [-0.25, -0.2) is 9.97 Å². The van der Waals surface area contributed by atoms with Gasteiger partial charge in [0.15, 0.2) is 4.34 Å². The summed E-state index contributed by atoms with van der Waals surface area (Å²) in [6.45, 7) is 0. The van der Waals surface area contributed by atoms with Crippen LogP contribution in [-0.2, 0) is 0 Å². The van der Waals surface area contributed by atoms with Gasteiger partial charge in [-0.05, 0) is 11.8 Å². The van der Waals surface area contributed by atoms with Crippen molar-refractivity contribution in [3.8, 4) is 0 Å². The molecule has 0 N–H and O–H groups in total. The van der Waals surface area contributed by atoms with Crippen LogP contribution in [0, 0.1) is 5.95 Å². The van der Waals surface area contributed by atoms with E-state index in [2.05, 4.69) is 20.2 Å². The van der Waals surface area contributed by atoms with Gasteiger partial charge >= 0.3 is 0 Å².